The standard InChI is InChI=1S/C18H23N5O2/c1-12(2)25-16-10-15(21-18(19)22-16)23-9-5-6-13(11-23)17(24)14-7-3-4-8-20-14/h3-4,7-8,10,12-13H,5-6,9,11H2,1-2H3,(H2,19,21,22). The van der Waals surface area contributed by atoms with Crippen molar-refractivity contribution >= 4 is 17.5 Å². The van der Waals surface area contributed by atoms with Crippen LogP contribution >= 0.6 is 0 Å². The highest BCUT2D eigenvalue weighted by Crippen LogP contribution is 2.26. The van der Waals surface area contributed by atoms with E-state index in [0.717, 1.165) is 19.4 Å². The Bertz CT molecular complexity index is 736. The van der Waals surface area contributed by atoms with Gasteiger partial charge in [0.25, 0.3) is 0 Å². The molecule has 0 radical (unpaired) electrons. The van der Waals surface area contributed by atoms with E-state index < -0.39 is 0 Å². The Kier molecular flexibility index (Phi) is 5.11. The largest absolute Gasteiger partial charge is 0.475 e. The molecule has 0 aliphatic carbocycles. The summed E-state index contributed by atoms with van der Waals surface area (Å²) < 4.78 is 5.64. The zero-order valence-corrected chi connectivity index (χ0v) is 14.6. The number of ether oxygens (including phenoxy) is 1. The van der Waals surface area contributed by atoms with Crippen LogP contribution in [0.15, 0.2) is 30.5 Å². The van der Waals surface area contributed by atoms with E-state index in [1.54, 1.807) is 18.3 Å². The van der Waals surface area contributed by atoms with Gasteiger partial charge in [0.05, 0.1) is 6.10 Å². The number of hydrogen-bond acceptors (Lipinski definition) is 7. The molecule has 0 amide bonds. The molecule has 132 valence electrons. The van der Waals surface area contributed by atoms with Crippen molar-refractivity contribution in [2.45, 2.75) is 32.8 Å². The monoisotopic (exact) mass is 341 g/mol. The van der Waals surface area contributed by atoms with Crippen LogP contribution in [-0.2, 0) is 0 Å². The second-order valence-electron chi connectivity index (χ2n) is 6.45. The second kappa shape index (κ2) is 7.46. The van der Waals surface area contributed by atoms with Gasteiger partial charge < -0.3 is 15.4 Å². The molecule has 1 unspecified atom stereocenters. The van der Waals surface area contributed by atoms with Crippen molar-refractivity contribution in [3.05, 3.63) is 36.2 Å². The van der Waals surface area contributed by atoms with Crippen molar-refractivity contribution < 1.29 is 9.53 Å². The van der Waals surface area contributed by atoms with E-state index in [2.05, 4.69) is 19.9 Å². The maximum Gasteiger partial charge on any atom is 0.225 e. The van der Waals surface area contributed by atoms with Gasteiger partial charge >= 0.3 is 0 Å². The first-order valence-corrected chi connectivity index (χ1v) is 8.54. The highest BCUT2D eigenvalue weighted by Gasteiger charge is 2.28. The van der Waals surface area contributed by atoms with E-state index in [-0.39, 0.29) is 23.8 Å². The number of piperidine rings is 1. The first-order valence-electron chi connectivity index (χ1n) is 8.54. The summed E-state index contributed by atoms with van der Waals surface area (Å²) in [4.78, 5) is 27.4. The third-order valence-electron chi connectivity index (χ3n) is 4.10. The lowest BCUT2D eigenvalue weighted by atomic mass is 9.92. The number of nitrogens with two attached hydrogens (primary N) is 1. The highest BCUT2D eigenvalue weighted by molar-refractivity contribution is 5.96. The summed E-state index contributed by atoms with van der Waals surface area (Å²) in [5, 5.41) is 0. The summed E-state index contributed by atoms with van der Waals surface area (Å²) >= 11 is 0. The fourth-order valence-electron chi connectivity index (χ4n) is 3.01. The van der Waals surface area contributed by atoms with Crippen LogP contribution in [0.2, 0.25) is 0 Å². The zero-order chi connectivity index (χ0) is 17.8. The summed E-state index contributed by atoms with van der Waals surface area (Å²) in [6.45, 7) is 5.28. The molecule has 1 saturated heterocycles. The van der Waals surface area contributed by atoms with Crippen molar-refractivity contribution in [3.8, 4) is 5.88 Å². The van der Waals surface area contributed by atoms with Crippen LogP contribution < -0.4 is 15.4 Å². The van der Waals surface area contributed by atoms with Crippen LogP contribution in [0.3, 0.4) is 0 Å². The van der Waals surface area contributed by atoms with Gasteiger partial charge in [-0.05, 0) is 38.8 Å². The molecule has 1 aliphatic heterocycles. The van der Waals surface area contributed by atoms with Gasteiger partial charge in [0.1, 0.15) is 11.5 Å². The lowest BCUT2D eigenvalue weighted by Gasteiger charge is -2.32. The number of carbonyl (C=O) groups is 1. The van der Waals surface area contributed by atoms with Gasteiger partial charge in [-0.3, -0.25) is 9.78 Å². The first-order chi connectivity index (χ1) is 12.0. The average Bonchev–Trinajstić information content (AvgIpc) is 2.61. The summed E-state index contributed by atoms with van der Waals surface area (Å²) in [5.41, 5.74) is 6.34. The zero-order valence-electron chi connectivity index (χ0n) is 14.6. The van der Waals surface area contributed by atoms with E-state index in [9.17, 15) is 4.79 Å². The highest BCUT2D eigenvalue weighted by atomic mass is 16.5. The molecule has 3 heterocycles. The number of nitrogen functional groups attached to an aromatic ring is 1. The Morgan fingerprint density at radius 3 is 2.92 bits per heavy atom. The maximum atomic E-state index is 12.7. The van der Waals surface area contributed by atoms with Gasteiger partial charge in [-0.2, -0.15) is 9.97 Å². The van der Waals surface area contributed by atoms with Gasteiger partial charge in [0.2, 0.25) is 11.8 Å². The molecule has 0 spiro atoms. The van der Waals surface area contributed by atoms with Gasteiger partial charge in [-0.25, -0.2) is 0 Å². The van der Waals surface area contributed by atoms with Gasteiger partial charge in [-0.15, -0.1) is 0 Å². The number of carbonyl (C=O) groups excluding carboxylic acids is 1. The molecular weight excluding hydrogens is 318 g/mol. The average molecular weight is 341 g/mol. The first kappa shape index (κ1) is 17.1. The second-order valence-corrected chi connectivity index (χ2v) is 6.45. The van der Waals surface area contributed by atoms with Crippen LogP contribution in [0.25, 0.3) is 0 Å². The Hall–Kier alpha value is -2.70. The van der Waals surface area contributed by atoms with Crippen LogP contribution in [0.4, 0.5) is 11.8 Å². The minimum Gasteiger partial charge on any atom is -0.475 e. The molecule has 0 bridgehead atoms. The number of nitrogens with zero attached hydrogens (tertiary/aromatic N) is 4. The van der Waals surface area contributed by atoms with E-state index in [1.807, 2.05) is 26.0 Å². The fourth-order valence-corrected chi connectivity index (χ4v) is 3.01. The Morgan fingerprint density at radius 2 is 2.20 bits per heavy atom. The summed E-state index contributed by atoms with van der Waals surface area (Å²) in [7, 11) is 0. The van der Waals surface area contributed by atoms with Gasteiger partial charge in [0.15, 0.2) is 5.78 Å². The van der Waals surface area contributed by atoms with Crippen molar-refractivity contribution in [3.63, 3.8) is 0 Å². The lowest BCUT2D eigenvalue weighted by Crippen LogP contribution is -2.39. The molecule has 2 aromatic rings. The number of aromatic nitrogens is 3. The van der Waals surface area contributed by atoms with E-state index >= 15 is 0 Å². The number of rotatable bonds is 5. The van der Waals surface area contributed by atoms with E-state index in [0.29, 0.717) is 23.9 Å². The maximum absolute atomic E-state index is 12.7. The van der Waals surface area contributed by atoms with Crippen LogP contribution in [-0.4, -0.2) is 39.9 Å². The fraction of sp³-hybridized carbons (Fsp3) is 0.444. The van der Waals surface area contributed by atoms with E-state index in [4.69, 9.17) is 10.5 Å². The molecule has 1 fully saturated rings. The van der Waals surface area contributed by atoms with Gasteiger partial charge in [-0.1, -0.05) is 6.07 Å². The molecule has 1 atom stereocenters. The molecule has 3 rings (SSSR count). The normalized spacial score (nSPS) is 17.6. The number of hydrogen-bond donors (Lipinski definition) is 1. The summed E-state index contributed by atoms with van der Waals surface area (Å²) in [6, 6.07) is 7.19. The third-order valence-corrected chi connectivity index (χ3v) is 4.10. The predicted molar refractivity (Wildman–Crippen MR) is 95.7 cm³/mol. The Labute approximate surface area is 147 Å². The van der Waals surface area contributed by atoms with Crippen LogP contribution in [0.5, 0.6) is 5.88 Å². The van der Waals surface area contributed by atoms with Crippen molar-refractivity contribution in [1.82, 2.24) is 15.0 Å². The molecule has 25 heavy (non-hydrogen) atoms. The van der Waals surface area contributed by atoms with Crippen LogP contribution in [0, 0.1) is 5.92 Å². The van der Waals surface area contributed by atoms with Crippen molar-refractivity contribution in [2.75, 3.05) is 23.7 Å². The molecule has 7 nitrogen and oxygen atoms in total. The van der Waals surface area contributed by atoms with Gasteiger partial charge in [0, 0.05) is 31.3 Å². The Balaban J connectivity index is 1.77. The minimum atomic E-state index is -0.102. The molecule has 7 heteroatoms. The van der Waals surface area contributed by atoms with Crippen LogP contribution in [0.1, 0.15) is 37.2 Å². The topological polar surface area (TPSA) is 94.2 Å². The smallest absolute Gasteiger partial charge is 0.225 e. The number of anilines is 2. The SMILES string of the molecule is CC(C)Oc1cc(N2CCCC(C(=O)c3ccccn3)C2)nc(N)n1. The molecule has 0 saturated carbocycles. The predicted octanol–water partition coefficient (Wildman–Crippen LogP) is 2.34. The quantitative estimate of drug-likeness (QED) is 0.834. The number of pyridine rings is 1. The van der Waals surface area contributed by atoms with E-state index in [1.165, 1.54) is 0 Å². The molecule has 2 N–H and O–H groups in total. The molecule has 0 aromatic carbocycles. The number of ketones is 1. The number of Topliss-reactive ketones (excluding diaryl/α,β-unsaturated/α-hetero) is 1. The molecule has 2 aromatic heterocycles. The summed E-state index contributed by atoms with van der Waals surface area (Å²) in [5.74, 6) is 1.30. The third kappa shape index (κ3) is 4.23. The molecular formula is C18H23N5O2. The van der Waals surface area contributed by atoms with Crippen molar-refractivity contribution in [1.29, 1.82) is 0 Å². The van der Waals surface area contributed by atoms with Crippen molar-refractivity contribution in [2.24, 2.45) is 5.92 Å². The Morgan fingerprint density at radius 1 is 1.36 bits per heavy atom. The molecule has 1 aliphatic rings. The lowest BCUT2D eigenvalue weighted by molar-refractivity contribution is 0.0902. The minimum absolute atomic E-state index is 0.00184. The summed E-state index contributed by atoms with van der Waals surface area (Å²) in [6.07, 6.45) is 3.41.